The Bertz CT molecular complexity index is 1110. The smallest absolute Gasteiger partial charge is 0.313 e. The SMILES string of the molecule is C=CCOC(=O)[C@H]1[C@H]2C(=O)N(CCCCO)C(C(=O)N(CC=C)c3c(C)cccc3C)C23CC(C)[C@]1(C)O3. The van der Waals surface area contributed by atoms with Crippen molar-refractivity contribution in [1.82, 2.24) is 4.90 Å². The van der Waals surface area contributed by atoms with Crippen LogP contribution in [0.3, 0.4) is 0 Å². The summed E-state index contributed by atoms with van der Waals surface area (Å²) < 4.78 is 12.2. The second-order valence-corrected chi connectivity index (χ2v) is 11.1. The molecule has 0 saturated carbocycles. The van der Waals surface area contributed by atoms with Gasteiger partial charge >= 0.3 is 5.97 Å². The van der Waals surface area contributed by atoms with E-state index in [1.807, 2.05) is 45.9 Å². The van der Waals surface area contributed by atoms with Gasteiger partial charge in [0.25, 0.3) is 5.91 Å². The average Bonchev–Trinajstić information content (AvgIpc) is 3.38. The molecule has 3 fully saturated rings. The van der Waals surface area contributed by atoms with Crippen molar-refractivity contribution in [2.45, 2.75) is 64.2 Å². The Morgan fingerprint density at radius 1 is 1.24 bits per heavy atom. The zero-order valence-corrected chi connectivity index (χ0v) is 22.9. The first-order valence-electron chi connectivity index (χ1n) is 13.5. The molecule has 1 spiro atoms. The van der Waals surface area contributed by atoms with Crippen molar-refractivity contribution in [3.8, 4) is 0 Å². The number of para-hydroxylation sites is 1. The van der Waals surface area contributed by atoms with Crippen LogP contribution in [0.2, 0.25) is 0 Å². The van der Waals surface area contributed by atoms with Gasteiger partial charge in [-0.2, -0.15) is 0 Å². The fourth-order valence-electron chi connectivity index (χ4n) is 7.04. The molecule has 3 saturated heterocycles. The number of ether oxygens (including phenoxy) is 2. The van der Waals surface area contributed by atoms with Crippen LogP contribution >= 0.6 is 0 Å². The van der Waals surface area contributed by atoms with E-state index in [1.54, 1.807) is 15.9 Å². The number of esters is 1. The number of hydrogen-bond acceptors (Lipinski definition) is 6. The molecule has 3 aliphatic rings. The molecule has 4 rings (SSSR count). The molecular weight excluding hydrogens is 484 g/mol. The van der Waals surface area contributed by atoms with Gasteiger partial charge in [0.15, 0.2) is 0 Å². The van der Waals surface area contributed by atoms with Crippen molar-refractivity contribution in [3.05, 3.63) is 54.6 Å². The molecule has 0 aliphatic carbocycles. The number of fused-ring (bicyclic) bond motifs is 1. The Morgan fingerprint density at radius 3 is 2.53 bits per heavy atom. The normalized spacial score (nSPS) is 31.3. The molecule has 1 aromatic carbocycles. The largest absolute Gasteiger partial charge is 0.461 e. The van der Waals surface area contributed by atoms with Crippen LogP contribution < -0.4 is 4.90 Å². The van der Waals surface area contributed by atoms with Gasteiger partial charge in [0.2, 0.25) is 5.91 Å². The van der Waals surface area contributed by atoms with Crippen molar-refractivity contribution < 1.29 is 29.0 Å². The Kier molecular flexibility index (Phi) is 7.86. The quantitative estimate of drug-likeness (QED) is 0.271. The molecule has 3 unspecified atom stereocenters. The number of amides is 2. The monoisotopic (exact) mass is 524 g/mol. The summed E-state index contributed by atoms with van der Waals surface area (Å²) in [4.78, 5) is 45.4. The summed E-state index contributed by atoms with van der Waals surface area (Å²) in [6.07, 6.45) is 4.67. The van der Waals surface area contributed by atoms with Gasteiger partial charge in [0.1, 0.15) is 24.2 Å². The van der Waals surface area contributed by atoms with Crippen molar-refractivity contribution in [1.29, 1.82) is 0 Å². The zero-order valence-electron chi connectivity index (χ0n) is 22.9. The summed E-state index contributed by atoms with van der Waals surface area (Å²) in [6, 6.07) is 4.94. The van der Waals surface area contributed by atoms with Crippen molar-refractivity contribution >= 4 is 23.5 Å². The summed E-state index contributed by atoms with van der Waals surface area (Å²) in [5, 5.41) is 9.40. The van der Waals surface area contributed by atoms with Gasteiger partial charge in [0, 0.05) is 25.4 Å². The number of aryl methyl sites for hydroxylation is 2. The predicted octanol–water partition coefficient (Wildman–Crippen LogP) is 3.33. The van der Waals surface area contributed by atoms with Gasteiger partial charge < -0.3 is 24.4 Å². The minimum atomic E-state index is -1.16. The van der Waals surface area contributed by atoms with E-state index in [4.69, 9.17) is 9.47 Å². The molecule has 8 heteroatoms. The lowest BCUT2D eigenvalue weighted by molar-refractivity contribution is -0.160. The number of aliphatic hydroxyl groups is 1. The maximum absolute atomic E-state index is 14.6. The number of unbranched alkanes of at least 4 members (excludes halogenated alkanes) is 1. The topological polar surface area (TPSA) is 96.4 Å². The summed E-state index contributed by atoms with van der Waals surface area (Å²) in [6.45, 7) is 15.9. The number of benzene rings is 1. The van der Waals surface area contributed by atoms with E-state index in [9.17, 15) is 19.5 Å². The second kappa shape index (κ2) is 10.7. The molecule has 38 heavy (non-hydrogen) atoms. The minimum absolute atomic E-state index is 0.0116. The average molecular weight is 525 g/mol. The first-order valence-corrected chi connectivity index (χ1v) is 13.5. The van der Waals surface area contributed by atoms with E-state index in [0.717, 1.165) is 16.8 Å². The van der Waals surface area contributed by atoms with Crippen LogP contribution in [0, 0.1) is 31.6 Å². The molecule has 6 atom stereocenters. The van der Waals surface area contributed by atoms with E-state index in [1.165, 1.54) is 6.08 Å². The van der Waals surface area contributed by atoms with Crippen molar-refractivity contribution in [2.75, 3.05) is 31.2 Å². The highest BCUT2D eigenvalue weighted by atomic mass is 16.6. The summed E-state index contributed by atoms with van der Waals surface area (Å²) >= 11 is 0. The lowest BCUT2D eigenvalue weighted by Gasteiger charge is -2.38. The van der Waals surface area contributed by atoms with Crippen LogP contribution in [0.1, 0.15) is 44.2 Å². The molecule has 206 valence electrons. The van der Waals surface area contributed by atoms with E-state index in [2.05, 4.69) is 13.2 Å². The van der Waals surface area contributed by atoms with Gasteiger partial charge in [0.05, 0.1) is 11.5 Å². The minimum Gasteiger partial charge on any atom is -0.461 e. The van der Waals surface area contributed by atoms with E-state index in [0.29, 0.717) is 19.3 Å². The van der Waals surface area contributed by atoms with E-state index in [-0.39, 0.29) is 44.0 Å². The molecule has 8 nitrogen and oxygen atoms in total. The maximum atomic E-state index is 14.6. The van der Waals surface area contributed by atoms with Crippen LogP contribution in [-0.4, -0.2) is 71.3 Å². The summed E-state index contributed by atoms with van der Waals surface area (Å²) in [7, 11) is 0. The first-order chi connectivity index (χ1) is 18.1. The standard InChI is InChI=1S/C30H40N2O6/c1-7-14-31(24-19(3)12-11-13-20(24)4)27(35)25-30-18-21(5)29(6,38-30)23(28(36)37-17-8-2)22(30)26(34)32(25)15-9-10-16-33/h7-8,11-13,21-23,25,33H,1-2,9-10,14-18H2,3-6H3/t21?,22-,23+,25?,29-,30?/m0/s1. The fourth-order valence-corrected chi connectivity index (χ4v) is 7.04. The van der Waals surface area contributed by atoms with Gasteiger partial charge in [-0.25, -0.2) is 0 Å². The third kappa shape index (κ3) is 4.18. The Morgan fingerprint density at radius 2 is 1.92 bits per heavy atom. The molecule has 0 radical (unpaired) electrons. The van der Waals surface area contributed by atoms with Gasteiger partial charge in [-0.05, 0) is 57.1 Å². The lowest BCUT2D eigenvalue weighted by atomic mass is 9.62. The predicted molar refractivity (Wildman–Crippen MR) is 144 cm³/mol. The molecule has 2 amide bonds. The molecule has 2 bridgehead atoms. The summed E-state index contributed by atoms with van der Waals surface area (Å²) in [5.74, 6) is -2.75. The Balaban J connectivity index is 1.84. The third-order valence-corrected chi connectivity index (χ3v) is 8.74. The molecular formula is C30H40N2O6. The Hall–Kier alpha value is -2.97. The van der Waals surface area contributed by atoms with Crippen LogP contribution in [0.5, 0.6) is 0 Å². The number of rotatable bonds is 11. The fraction of sp³-hybridized carbons (Fsp3) is 0.567. The highest BCUT2D eigenvalue weighted by Gasteiger charge is 2.80. The Labute approximate surface area is 225 Å². The van der Waals surface area contributed by atoms with Crippen LogP contribution in [-0.2, 0) is 23.9 Å². The number of anilines is 1. The van der Waals surface area contributed by atoms with Crippen molar-refractivity contribution in [2.24, 2.45) is 17.8 Å². The first kappa shape index (κ1) is 28.0. The highest BCUT2D eigenvalue weighted by Crippen LogP contribution is 2.65. The molecule has 0 aromatic heterocycles. The number of nitrogens with zero attached hydrogens (tertiary/aromatic N) is 2. The third-order valence-electron chi connectivity index (χ3n) is 8.74. The van der Waals surface area contributed by atoms with E-state index >= 15 is 0 Å². The lowest BCUT2D eigenvalue weighted by Crippen LogP contribution is -2.57. The van der Waals surface area contributed by atoms with Crippen molar-refractivity contribution in [3.63, 3.8) is 0 Å². The molecule has 1 aromatic rings. The summed E-state index contributed by atoms with van der Waals surface area (Å²) in [5.41, 5.74) is 0.571. The van der Waals surface area contributed by atoms with E-state index < -0.39 is 35.0 Å². The van der Waals surface area contributed by atoms with Crippen LogP contribution in [0.25, 0.3) is 0 Å². The maximum Gasteiger partial charge on any atom is 0.313 e. The van der Waals surface area contributed by atoms with Gasteiger partial charge in [-0.15, -0.1) is 6.58 Å². The van der Waals surface area contributed by atoms with Crippen LogP contribution in [0.4, 0.5) is 5.69 Å². The number of aliphatic hydroxyl groups excluding tert-OH is 1. The molecule has 3 heterocycles. The zero-order chi connectivity index (χ0) is 27.8. The number of likely N-dealkylation sites (tertiary alicyclic amines) is 1. The highest BCUT2D eigenvalue weighted by molar-refractivity contribution is 6.05. The second-order valence-electron chi connectivity index (χ2n) is 11.1. The number of hydrogen-bond donors (Lipinski definition) is 1. The number of carbonyl (C=O) groups is 3. The van der Waals surface area contributed by atoms with Gasteiger partial charge in [-0.3, -0.25) is 14.4 Å². The van der Waals surface area contributed by atoms with Crippen LogP contribution in [0.15, 0.2) is 43.5 Å². The molecule has 3 aliphatic heterocycles. The van der Waals surface area contributed by atoms with Gasteiger partial charge in [-0.1, -0.05) is 43.9 Å². The molecule has 1 N–H and O–H groups in total. The number of carbonyl (C=O) groups excluding carboxylic acids is 3.